The van der Waals surface area contributed by atoms with Crippen molar-refractivity contribution in [3.63, 3.8) is 0 Å². The molecule has 0 aliphatic rings. The van der Waals surface area contributed by atoms with Crippen molar-refractivity contribution < 1.29 is 4.74 Å². The van der Waals surface area contributed by atoms with Crippen LogP contribution in [0.15, 0.2) is 71.2 Å². The Morgan fingerprint density at radius 1 is 1.07 bits per heavy atom. The number of benzene rings is 3. The molecule has 2 aromatic heterocycles. The highest BCUT2D eigenvalue weighted by Gasteiger charge is 2.13. The fourth-order valence-electron chi connectivity index (χ4n) is 3.64. The number of rotatable bonds is 4. The van der Waals surface area contributed by atoms with Gasteiger partial charge in [-0.3, -0.25) is 0 Å². The number of H-pyrrole nitrogens is 1. The van der Waals surface area contributed by atoms with Crippen molar-refractivity contribution in [1.82, 2.24) is 14.5 Å². The molecule has 0 atom stereocenters. The van der Waals surface area contributed by atoms with Gasteiger partial charge in [-0.2, -0.15) is 0 Å². The van der Waals surface area contributed by atoms with Gasteiger partial charge in [0.15, 0.2) is 0 Å². The van der Waals surface area contributed by atoms with Gasteiger partial charge in [0.25, 0.3) is 0 Å². The van der Waals surface area contributed by atoms with Crippen LogP contribution in [0.1, 0.15) is 11.5 Å². The molecule has 0 unspecified atom stereocenters. The van der Waals surface area contributed by atoms with Crippen LogP contribution < -0.4 is 4.74 Å². The molecule has 1 N–H and O–H groups in total. The number of hydrogen-bond acceptors (Lipinski definition) is 2. The Morgan fingerprint density at radius 3 is 2.76 bits per heavy atom. The zero-order valence-electron chi connectivity index (χ0n) is 15.6. The minimum absolute atomic E-state index is 0.368. The van der Waals surface area contributed by atoms with E-state index >= 15 is 0 Å². The Bertz CT molecular complexity index is 1320. The lowest BCUT2D eigenvalue weighted by Crippen LogP contribution is -1.99. The summed E-state index contributed by atoms with van der Waals surface area (Å²) in [6.07, 6.45) is 0. The van der Waals surface area contributed by atoms with Gasteiger partial charge < -0.3 is 14.3 Å². The molecule has 0 saturated heterocycles. The molecule has 0 amide bonds. The highest BCUT2D eigenvalue weighted by atomic mass is 79.9. The highest BCUT2D eigenvalue weighted by Crippen LogP contribution is 2.34. The summed E-state index contributed by atoms with van der Waals surface area (Å²) in [4.78, 5) is 7.87. The van der Waals surface area contributed by atoms with Crippen LogP contribution in [0.2, 0.25) is 5.02 Å². The molecule has 5 aromatic rings. The Hall–Kier alpha value is -2.76. The van der Waals surface area contributed by atoms with Crippen LogP contribution in [-0.2, 0) is 6.61 Å². The quantitative estimate of drug-likeness (QED) is 0.316. The van der Waals surface area contributed by atoms with Crippen LogP contribution in [-0.4, -0.2) is 14.5 Å². The molecule has 144 valence electrons. The fourth-order valence-corrected chi connectivity index (χ4v) is 4.27. The zero-order chi connectivity index (χ0) is 20.0. The van der Waals surface area contributed by atoms with E-state index in [1.54, 1.807) is 0 Å². The predicted molar refractivity (Wildman–Crippen MR) is 121 cm³/mol. The number of nitrogens with one attached hydrogen (secondary N) is 1. The number of aromatic nitrogens is 3. The number of imidazole rings is 1. The van der Waals surface area contributed by atoms with Gasteiger partial charge in [-0.1, -0.05) is 29.8 Å². The van der Waals surface area contributed by atoms with Crippen molar-refractivity contribution in [1.29, 1.82) is 0 Å². The van der Waals surface area contributed by atoms with Crippen LogP contribution in [0.25, 0.3) is 27.6 Å². The van der Waals surface area contributed by atoms with Gasteiger partial charge in [0.05, 0.1) is 21.0 Å². The maximum absolute atomic E-state index is 6.20. The molecule has 29 heavy (non-hydrogen) atoms. The third-order valence-electron chi connectivity index (χ3n) is 4.91. The molecule has 0 spiro atoms. The molecule has 0 radical (unpaired) electrons. The topological polar surface area (TPSA) is 42.8 Å². The average Bonchev–Trinajstić information content (AvgIpc) is 3.25. The maximum atomic E-state index is 6.20. The summed E-state index contributed by atoms with van der Waals surface area (Å²) in [5.74, 6) is 1.58. The lowest BCUT2D eigenvalue weighted by atomic mass is 10.2. The first-order chi connectivity index (χ1) is 14.1. The average molecular weight is 467 g/mol. The van der Waals surface area contributed by atoms with Gasteiger partial charge in [0, 0.05) is 21.8 Å². The number of fused-ring (bicyclic) bond motifs is 2. The van der Waals surface area contributed by atoms with Crippen molar-refractivity contribution in [2.75, 3.05) is 0 Å². The number of ether oxygens (including phenoxy) is 1. The second kappa shape index (κ2) is 7.25. The summed E-state index contributed by atoms with van der Waals surface area (Å²) < 4.78 is 9.14. The first-order valence-electron chi connectivity index (χ1n) is 9.22. The minimum Gasteiger partial charge on any atom is -0.484 e. The highest BCUT2D eigenvalue weighted by molar-refractivity contribution is 9.10. The summed E-state index contributed by atoms with van der Waals surface area (Å²) in [6, 6.07) is 22.1. The van der Waals surface area contributed by atoms with E-state index in [-0.39, 0.29) is 0 Å². The van der Waals surface area contributed by atoms with E-state index in [9.17, 15) is 0 Å². The first kappa shape index (κ1) is 18.3. The Morgan fingerprint density at radius 2 is 1.93 bits per heavy atom. The molecule has 0 aliphatic heterocycles. The van der Waals surface area contributed by atoms with E-state index in [1.807, 2.05) is 42.5 Å². The van der Waals surface area contributed by atoms with Gasteiger partial charge in [-0.25, -0.2) is 4.98 Å². The number of halogens is 2. The van der Waals surface area contributed by atoms with Gasteiger partial charge in [-0.15, -0.1) is 0 Å². The monoisotopic (exact) mass is 465 g/mol. The summed E-state index contributed by atoms with van der Waals surface area (Å²) in [5, 5.41) is 1.82. The van der Waals surface area contributed by atoms with E-state index in [2.05, 4.69) is 61.7 Å². The van der Waals surface area contributed by atoms with Crippen LogP contribution >= 0.6 is 27.5 Å². The smallest absolute Gasteiger partial charge is 0.146 e. The molecule has 0 saturated carbocycles. The molecule has 0 aliphatic carbocycles. The lowest BCUT2D eigenvalue weighted by Gasteiger charge is -2.11. The molecular formula is C23H17BrClN3O. The van der Waals surface area contributed by atoms with E-state index in [4.69, 9.17) is 16.3 Å². The van der Waals surface area contributed by atoms with Crippen LogP contribution in [0.3, 0.4) is 0 Å². The standard InChI is InChI=1S/C23H17BrClN3O/c1-14-9-15-10-22(29-13-23-26-19-7-2-3-8-20(19)27-23)18(24)12-21(15)28(14)17-6-4-5-16(25)11-17/h2-12H,13H2,1H3,(H,26,27). The molecule has 0 fully saturated rings. The van der Waals surface area contributed by atoms with E-state index in [0.717, 1.165) is 49.4 Å². The number of hydrogen-bond donors (Lipinski definition) is 1. The van der Waals surface area contributed by atoms with Crippen LogP contribution in [0, 0.1) is 6.92 Å². The van der Waals surface area contributed by atoms with Crippen molar-refractivity contribution in [3.05, 3.63) is 87.7 Å². The Labute approximate surface area is 181 Å². The number of nitrogens with zero attached hydrogens (tertiary/aromatic N) is 2. The van der Waals surface area contributed by atoms with Gasteiger partial charge >= 0.3 is 0 Å². The first-order valence-corrected chi connectivity index (χ1v) is 10.4. The van der Waals surface area contributed by atoms with Crippen LogP contribution in [0.4, 0.5) is 0 Å². The zero-order valence-corrected chi connectivity index (χ0v) is 18.0. The minimum atomic E-state index is 0.368. The Balaban J connectivity index is 1.48. The summed E-state index contributed by atoms with van der Waals surface area (Å²) in [5.41, 5.74) is 5.20. The summed E-state index contributed by atoms with van der Waals surface area (Å²) >= 11 is 9.86. The third kappa shape index (κ3) is 3.41. The molecule has 3 aromatic carbocycles. The molecule has 0 bridgehead atoms. The van der Waals surface area contributed by atoms with Gasteiger partial charge in [-0.05, 0) is 71.4 Å². The second-order valence-corrected chi connectivity index (χ2v) is 8.22. The van der Waals surface area contributed by atoms with E-state index in [1.165, 1.54) is 0 Å². The molecule has 6 heteroatoms. The van der Waals surface area contributed by atoms with Gasteiger partial charge in [0.1, 0.15) is 18.2 Å². The fraction of sp³-hybridized carbons (Fsp3) is 0.0870. The number of para-hydroxylation sites is 2. The summed E-state index contributed by atoms with van der Waals surface area (Å²) in [7, 11) is 0. The van der Waals surface area contributed by atoms with Crippen molar-refractivity contribution in [2.24, 2.45) is 0 Å². The maximum Gasteiger partial charge on any atom is 0.146 e. The molecule has 5 rings (SSSR count). The van der Waals surface area contributed by atoms with Gasteiger partial charge in [0.2, 0.25) is 0 Å². The summed E-state index contributed by atoms with van der Waals surface area (Å²) in [6.45, 7) is 2.45. The van der Waals surface area contributed by atoms with Crippen LogP contribution in [0.5, 0.6) is 5.75 Å². The molecule has 4 nitrogen and oxygen atoms in total. The van der Waals surface area contributed by atoms with Crippen molar-refractivity contribution in [2.45, 2.75) is 13.5 Å². The van der Waals surface area contributed by atoms with E-state index < -0.39 is 0 Å². The largest absolute Gasteiger partial charge is 0.484 e. The van der Waals surface area contributed by atoms with Crippen molar-refractivity contribution >= 4 is 49.5 Å². The Kier molecular flexibility index (Phi) is 4.57. The predicted octanol–water partition coefficient (Wildman–Crippen LogP) is 6.81. The number of aromatic amines is 1. The normalized spacial score (nSPS) is 11.4. The molecular weight excluding hydrogens is 450 g/mol. The van der Waals surface area contributed by atoms with Crippen molar-refractivity contribution in [3.8, 4) is 11.4 Å². The molecule has 2 heterocycles. The SMILES string of the molecule is Cc1cc2cc(OCc3nc4ccccc4[nH]3)c(Br)cc2n1-c1cccc(Cl)c1. The third-order valence-corrected chi connectivity index (χ3v) is 5.76. The lowest BCUT2D eigenvalue weighted by molar-refractivity contribution is 0.296. The number of aryl methyl sites for hydroxylation is 1. The second-order valence-electron chi connectivity index (χ2n) is 6.93. The van der Waals surface area contributed by atoms with E-state index in [0.29, 0.717) is 11.6 Å².